The SMILES string of the molecule is COCC(C)(CCO)NC(=O)c1cc2c(s1)CCCCC2. The topological polar surface area (TPSA) is 58.6 Å². The number of carbonyl (C=O) groups excluding carboxylic acids is 1. The first-order valence-electron chi connectivity index (χ1n) is 7.62. The number of rotatable bonds is 6. The molecule has 1 aromatic rings. The van der Waals surface area contributed by atoms with Crippen LogP contribution in [0.1, 0.15) is 52.7 Å². The van der Waals surface area contributed by atoms with E-state index < -0.39 is 5.54 Å². The number of aryl methyl sites for hydroxylation is 2. The van der Waals surface area contributed by atoms with E-state index in [-0.39, 0.29) is 12.5 Å². The molecule has 0 radical (unpaired) electrons. The maximum atomic E-state index is 12.5. The maximum absolute atomic E-state index is 12.5. The van der Waals surface area contributed by atoms with Crippen LogP contribution in [-0.4, -0.2) is 36.9 Å². The predicted molar refractivity (Wildman–Crippen MR) is 85.0 cm³/mol. The minimum absolute atomic E-state index is 0.0288. The van der Waals surface area contributed by atoms with Crippen LogP contribution in [0, 0.1) is 0 Å². The zero-order valence-corrected chi connectivity index (χ0v) is 13.7. The van der Waals surface area contributed by atoms with E-state index in [9.17, 15) is 9.90 Å². The summed E-state index contributed by atoms with van der Waals surface area (Å²) in [5, 5.41) is 12.2. The Kier molecular flexibility index (Phi) is 5.79. The number of carbonyl (C=O) groups is 1. The second-order valence-electron chi connectivity index (χ2n) is 6.04. The molecule has 4 nitrogen and oxygen atoms in total. The van der Waals surface area contributed by atoms with E-state index in [1.807, 2.05) is 13.0 Å². The lowest BCUT2D eigenvalue weighted by Gasteiger charge is -2.29. The van der Waals surface area contributed by atoms with Crippen LogP contribution in [0.5, 0.6) is 0 Å². The van der Waals surface area contributed by atoms with Gasteiger partial charge in [0.05, 0.1) is 17.0 Å². The monoisotopic (exact) mass is 311 g/mol. The van der Waals surface area contributed by atoms with Crippen molar-refractivity contribution in [1.29, 1.82) is 0 Å². The van der Waals surface area contributed by atoms with Gasteiger partial charge < -0.3 is 15.2 Å². The summed E-state index contributed by atoms with van der Waals surface area (Å²) in [6.45, 7) is 2.33. The van der Waals surface area contributed by atoms with E-state index in [1.165, 1.54) is 29.7 Å². The largest absolute Gasteiger partial charge is 0.396 e. The van der Waals surface area contributed by atoms with Crippen LogP contribution in [-0.2, 0) is 17.6 Å². The Morgan fingerprint density at radius 2 is 2.19 bits per heavy atom. The number of fused-ring (bicyclic) bond motifs is 1. The lowest BCUT2D eigenvalue weighted by atomic mass is 9.99. The average molecular weight is 311 g/mol. The molecule has 0 fully saturated rings. The molecular weight excluding hydrogens is 286 g/mol. The Balaban J connectivity index is 2.09. The molecule has 0 saturated heterocycles. The number of hydrogen-bond acceptors (Lipinski definition) is 4. The molecule has 1 heterocycles. The molecule has 1 atom stereocenters. The van der Waals surface area contributed by atoms with Gasteiger partial charge in [-0.05, 0) is 50.7 Å². The quantitative estimate of drug-likeness (QED) is 0.794. The van der Waals surface area contributed by atoms with Crippen LogP contribution in [0.15, 0.2) is 6.07 Å². The van der Waals surface area contributed by atoms with Crippen LogP contribution < -0.4 is 5.32 Å². The fraction of sp³-hybridized carbons (Fsp3) is 0.688. The van der Waals surface area contributed by atoms with E-state index in [2.05, 4.69) is 5.32 Å². The molecule has 1 amide bonds. The van der Waals surface area contributed by atoms with Gasteiger partial charge in [-0.2, -0.15) is 0 Å². The predicted octanol–water partition coefficient (Wildman–Crippen LogP) is 2.53. The molecule has 1 aromatic heterocycles. The van der Waals surface area contributed by atoms with Gasteiger partial charge in [0.1, 0.15) is 0 Å². The summed E-state index contributed by atoms with van der Waals surface area (Å²) in [4.78, 5) is 14.6. The fourth-order valence-electron chi connectivity index (χ4n) is 2.85. The van der Waals surface area contributed by atoms with Crippen LogP contribution in [0.4, 0.5) is 0 Å². The van der Waals surface area contributed by atoms with E-state index >= 15 is 0 Å². The highest BCUT2D eigenvalue weighted by Crippen LogP contribution is 2.29. The molecule has 5 heteroatoms. The zero-order chi connectivity index (χ0) is 15.3. The zero-order valence-electron chi connectivity index (χ0n) is 12.9. The Bertz CT molecular complexity index is 454. The molecule has 0 aromatic carbocycles. The Morgan fingerprint density at radius 3 is 2.90 bits per heavy atom. The second kappa shape index (κ2) is 7.38. The van der Waals surface area contributed by atoms with Crippen molar-refractivity contribution < 1.29 is 14.6 Å². The van der Waals surface area contributed by atoms with Gasteiger partial charge >= 0.3 is 0 Å². The Morgan fingerprint density at radius 1 is 1.43 bits per heavy atom. The number of aliphatic hydroxyl groups excluding tert-OH is 1. The molecule has 0 aliphatic heterocycles. The number of thiophene rings is 1. The van der Waals surface area contributed by atoms with Gasteiger partial charge in [0, 0.05) is 18.6 Å². The number of aliphatic hydroxyl groups is 1. The molecule has 0 saturated carbocycles. The highest BCUT2D eigenvalue weighted by Gasteiger charge is 2.27. The van der Waals surface area contributed by atoms with Gasteiger partial charge in [0.25, 0.3) is 5.91 Å². The summed E-state index contributed by atoms with van der Waals surface area (Å²) in [6, 6.07) is 2.05. The number of ether oxygens (including phenoxy) is 1. The molecule has 0 bridgehead atoms. The third-order valence-corrected chi connectivity index (χ3v) is 5.25. The third kappa shape index (κ3) is 4.28. The molecule has 2 rings (SSSR count). The van der Waals surface area contributed by atoms with E-state index in [0.717, 1.165) is 17.7 Å². The summed E-state index contributed by atoms with van der Waals surface area (Å²) >= 11 is 1.62. The molecule has 118 valence electrons. The number of nitrogens with one attached hydrogen (secondary N) is 1. The van der Waals surface area contributed by atoms with Crippen molar-refractivity contribution >= 4 is 17.2 Å². The number of hydrogen-bond donors (Lipinski definition) is 2. The van der Waals surface area contributed by atoms with Crippen LogP contribution in [0.2, 0.25) is 0 Å². The smallest absolute Gasteiger partial charge is 0.261 e. The minimum atomic E-state index is -0.526. The van der Waals surface area contributed by atoms with Gasteiger partial charge in [0.2, 0.25) is 0 Å². The third-order valence-electron chi connectivity index (χ3n) is 4.01. The molecule has 1 aliphatic carbocycles. The lowest BCUT2D eigenvalue weighted by Crippen LogP contribution is -2.49. The van der Waals surface area contributed by atoms with Crippen molar-refractivity contribution in [3.8, 4) is 0 Å². The second-order valence-corrected chi connectivity index (χ2v) is 7.18. The van der Waals surface area contributed by atoms with Crippen LogP contribution in [0.25, 0.3) is 0 Å². The van der Waals surface area contributed by atoms with Crippen molar-refractivity contribution in [2.24, 2.45) is 0 Å². The van der Waals surface area contributed by atoms with E-state index in [1.54, 1.807) is 18.4 Å². The lowest BCUT2D eigenvalue weighted by molar-refractivity contribution is 0.0729. The molecule has 1 aliphatic rings. The summed E-state index contributed by atoms with van der Waals surface area (Å²) in [5.74, 6) is -0.0546. The number of methoxy groups -OCH3 is 1. The van der Waals surface area contributed by atoms with Crippen molar-refractivity contribution in [3.05, 3.63) is 21.4 Å². The molecule has 2 N–H and O–H groups in total. The summed E-state index contributed by atoms with van der Waals surface area (Å²) < 4.78 is 5.17. The first kappa shape index (κ1) is 16.5. The molecular formula is C16H25NO3S. The summed E-state index contributed by atoms with van der Waals surface area (Å²) in [6.07, 6.45) is 6.39. The average Bonchev–Trinajstić information content (AvgIpc) is 2.71. The van der Waals surface area contributed by atoms with Gasteiger partial charge in [-0.25, -0.2) is 0 Å². The van der Waals surface area contributed by atoms with Gasteiger partial charge in [-0.15, -0.1) is 11.3 Å². The fourth-order valence-corrected chi connectivity index (χ4v) is 4.00. The Labute approximate surface area is 130 Å². The molecule has 0 spiro atoms. The van der Waals surface area contributed by atoms with Crippen molar-refractivity contribution in [1.82, 2.24) is 5.32 Å². The van der Waals surface area contributed by atoms with Gasteiger partial charge in [0.15, 0.2) is 0 Å². The van der Waals surface area contributed by atoms with Crippen molar-refractivity contribution in [3.63, 3.8) is 0 Å². The highest BCUT2D eigenvalue weighted by molar-refractivity contribution is 7.14. The first-order valence-corrected chi connectivity index (χ1v) is 8.43. The van der Waals surface area contributed by atoms with Gasteiger partial charge in [-0.3, -0.25) is 4.79 Å². The molecule has 21 heavy (non-hydrogen) atoms. The van der Waals surface area contributed by atoms with Crippen LogP contribution >= 0.6 is 11.3 Å². The van der Waals surface area contributed by atoms with Crippen LogP contribution in [0.3, 0.4) is 0 Å². The maximum Gasteiger partial charge on any atom is 0.261 e. The standard InChI is InChI=1S/C16H25NO3S/c1-16(8-9-18,11-20-2)17-15(19)14-10-12-6-4-3-5-7-13(12)21-14/h10,18H,3-9,11H2,1-2H3,(H,17,19). The van der Waals surface area contributed by atoms with Crippen molar-refractivity contribution in [2.45, 2.75) is 51.0 Å². The van der Waals surface area contributed by atoms with E-state index in [0.29, 0.717) is 13.0 Å². The normalized spacial score (nSPS) is 17.7. The molecule has 1 unspecified atom stereocenters. The highest BCUT2D eigenvalue weighted by atomic mass is 32.1. The first-order chi connectivity index (χ1) is 10.1. The summed E-state index contributed by atoms with van der Waals surface area (Å²) in [7, 11) is 1.61. The minimum Gasteiger partial charge on any atom is -0.396 e. The number of amides is 1. The van der Waals surface area contributed by atoms with Crippen molar-refractivity contribution in [2.75, 3.05) is 20.3 Å². The van der Waals surface area contributed by atoms with E-state index in [4.69, 9.17) is 4.74 Å². The summed E-state index contributed by atoms with van der Waals surface area (Å²) in [5.41, 5.74) is 0.820. The van der Waals surface area contributed by atoms with Gasteiger partial charge in [-0.1, -0.05) is 6.42 Å². The Hall–Kier alpha value is -0.910.